The van der Waals surface area contributed by atoms with Gasteiger partial charge >= 0.3 is 0 Å². The van der Waals surface area contributed by atoms with Crippen molar-refractivity contribution in [2.24, 2.45) is 11.8 Å². The van der Waals surface area contributed by atoms with E-state index >= 15 is 0 Å². The van der Waals surface area contributed by atoms with Crippen LogP contribution in [0.4, 0.5) is 5.69 Å². The number of carbonyl (C=O) groups is 1. The van der Waals surface area contributed by atoms with Gasteiger partial charge in [-0.1, -0.05) is 6.92 Å². The highest BCUT2D eigenvalue weighted by Gasteiger charge is 2.27. The minimum absolute atomic E-state index is 0.148. The topological polar surface area (TPSA) is 58.4 Å². The summed E-state index contributed by atoms with van der Waals surface area (Å²) < 4.78 is 0. The SMILES string of the molecule is CCCN(CC1CC1)C(=O)c1ccc(NN)cc1C. The molecule has 1 fully saturated rings. The Kier molecular flexibility index (Phi) is 4.43. The Morgan fingerprint density at radius 1 is 1.47 bits per heavy atom. The first kappa shape index (κ1) is 13.9. The van der Waals surface area contributed by atoms with Gasteiger partial charge in [0.1, 0.15) is 0 Å². The average Bonchev–Trinajstić information content (AvgIpc) is 3.21. The lowest BCUT2D eigenvalue weighted by atomic mass is 10.1. The third-order valence-corrected chi connectivity index (χ3v) is 3.58. The van der Waals surface area contributed by atoms with Crippen LogP contribution in [0, 0.1) is 12.8 Å². The number of benzene rings is 1. The number of hydrogen-bond donors (Lipinski definition) is 2. The number of hydrazine groups is 1. The van der Waals surface area contributed by atoms with Crippen molar-refractivity contribution in [1.29, 1.82) is 0 Å². The summed E-state index contributed by atoms with van der Waals surface area (Å²) in [6, 6.07) is 5.62. The van der Waals surface area contributed by atoms with Gasteiger partial charge in [-0.25, -0.2) is 0 Å². The molecule has 0 spiro atoms. The number of aryl methyl sites for hydroxylation is 1. The molecule has 0 saturated heterocycles. The molecular formula is C15H23N3O. The minimum atomic E-state index is 0.148. The third-order valence-electron chi connectivity index (χ3n) is 3.58. The Morgan fingerprint density at radius 3 is 2.74 bits per heavy atom. The lowest BCUT2D eigenvalue weighted by Gasteiger charge is -2.23. The molecule has 2 rings (SSSR count). The number of anilines is 1. The Hall–Kier alpha value is -1.55. The number of nitrogen functional groups attached to an aromatic ring is 1. The van der Waals surface area contributed by atoms with Gasteiger partial charge in [0.05, 0.1) is 0 Å². The molecule has 0 aliphatic heterocycles. The fraction of sp³-hybridized carbons (Fsp3) is 0.533. The molecule has 1 aromatic carbocycles. The molecule has 0 aromatic heterocycles. The number of nitrogens with two attached hydrogens (primary N) is 1. The van der Waals surface area contributed by atoms with Crippen LogP contribution < -0.4 is 11.3 Å². The highest BCUT2D eigenvalue weighted by Crippen LogP contribution is 2.30. The lowest BCUT2D eigenvalue weighted by Crippen LogP contribution is -2.34. The van der Waals surface area contributed by atoms with Gasteiger partial charge in [0.2, 0.25) is 0 Å². The molecule has 0 atom stereocenters. The molecule has 0 unspecified atom stereocenters. The molecule has 1 aromatic rings. The molecule has 1 aliphatic rings. The summed E-state index contributed by atoms with van der Waals surface area (Å²) in [5.74, 6) is 6.25. The van der Waals surface area contributed by atoms with E-state index in [0.29, 0.717) is 0 Å². The van der Waals surface area contributed by atoms with E-state index in [0.717, 1.165) is 42.2 Å². The number of carbonyl (C=O) groups excluding carboxylic acids is 1. The molecule has 19 heavy (non-hydrogen) atoms. The second kappa shape index (κ2) is 6.06. The van der Waals surface area contributed by atoms with Crippen molar-refractivity contribution in [3.05, 3.63) is 29.3 Å². The van der Waals surface area contributed by atoms with Gasteiger partial charge in [-0.3, -0.25) is 10.6 Å². The predicted octanol–water partition coefficient (Wildman–Crippen LogP) is 2.54. The fourth-order valence-corrected chi connectivity index (χ4v) is 2.32. The normalized spacial score (nSPS) is 14.3. The third kappa shape index (κ3) is 3.47. The zero-order valence-corrected chi connectivity index (χ0v) is 11.8. The first-order chi connectivity index (χ1) is 9.15. The van der Waals surface area contributed by atoms with E-state index in [1.54, 1.807) is 0 Å². The average molecular weight is 261 g/mol. The first-order valence-electron chi connectivity index (χ1n) is 7.02. The van der Waals surface area contributed by atoms with Crippen molar-refractivity contribution in [2.45, 2.75) is 33.1 Å². The fourth-order valence-electron chi connectivity index (χ4n) is 2.32. The molecule has 1 aliphatic carbocycles. The van der Waals surface area contributed by atoms with Crippen LogP contribution in [0.25, 0.3) is 0 Å². The minimum Gasteiger partial charge on any atom is -0.338 e. The monoisotopic (exact) mass is 261 g/mol. The summed E-state index contributed by atoms with van der Waals surface area (Å²) in [5.41, 5.74) is 5.19. The molecule has 4 heteroatoms. The van der Waals surface area contributed by atoms with Crippen LogP contribution in [0.3, 0.4) is 0 Å². The summed E-state index contributed by atoms with van der Waals surface area (Å²) in [5, 5.41) is 0. The second-order valence-corrected chi connectivity index (χ2v) is 5.37. The maximum Gasteiger partial charge on any atom is 0.254 e. The highest BCUT2D eigenvalue weighted by atomic mass is 16.2. The predicted molar refractivity (Wildman–Crippen MR) is 77.9 cm³/mol. The van der Waals surface area contributed by atoms with E-state index in [2.05, 4.69) is 12.3 Å². The van der Waals surface area contributed by atoms with E-state index < -0.39 is 0 Å². The van der Waals surface area contributed by atoms with E-state index in [1.807, 2.05) is 30.0 Å². The van der Waals surface area contributed by atoms with Crippen molar-refractivity contribution in [3.8, 4) is 0 Å². The molecular weight excluding hydrogens is 238 g/mol. The Balaban J connectivity index is 2.15. The zero-order chi connectivity index (χ0) is 13.8. The van der Waals surface area contributed by atoms with Gasteiger partial charge in [0.15, 0.2) is 0 Å². The molecule has 1 saturated carbocycles. The van der Waals surface area contributed by atoms with Crippen LogP contribution in [0.5, 0.6) is 0 Å². The van der Waals surface area contributed by atoms with Crippen molar-refractivity contribution >= 4 is 11.6 Å². The van der Waals surface area contributed by atoms with E-state index in [1.165, 1.54) is 12.8 Å². The molecule has 0 bridgehead atoms. The van der Waals surface area contributed by atoms with Crippen LogP contribution in [0.15, 0.2) is 18.2 Å². The Morgan fingerprint density at radius 2 is 2.21 bits per heavy atom. The van der Waals surface area contributed by atoms with Crippen LogP contribution >= 0.6 is 0 Å². The summed E-state index contributed by atoms with van der Waals surface area (Å²) >= 11 is 0. The molecule has 0 radical (unpaired) electrons. The second-order valence-electron chi connectivity index (χ2n) is 5.37. The smallest absolute Gasteiger partial charge is 0.254 e. The zero-order valence-electron chi connectivity index (χ0n) is 11.8. The summed E-state index contributed by atoms with van der Waals surface area (Å²) in [6.45, 7) is 5.81. The van der Waals surface area contributed by atoms with Crippen molar-refractivity contribution < 1.29 is 4.79 Å². The van der Waals surface area contributed by atoms with Crippen LogP contribution in [-0.2, 0) is 0 Å². The standard InChI is InChI=1S/C15H23N3O/c1-3-8-18(10-12-4-5-12)15(19)14-7-6-13(17-16)9-11(14)2/h6-7,9,12,17H,3-5,8,10,16H2,1-2H3. The van der Waals surface area contributed by atoms with E-state index in [4.69, 9.17) is 5.84 Å². The van der Waals surface area contributed by atoms with Crippen molar-refractivity contribution in [2.75, 3.05) is 18.5 Å². The first-order valence-corrected chi connectivity index (χ1v) is 7.02. The van der Waals surface area contributed by atoms with Crippen molar-refractivity contribution in [1.82, 2.24) is 4.90 Å². The Labute approximate surface area is 114 Å². The summed E-state index contributed by atoms with van der Waals surface area (Å²) in [6.07, 6.45) is 3.53. The quantitative estimate of drug-likeness (QED) is 0.611. The van der Waals surface area contributed by atoms with Gasteiger partial charge in [0.25, 0.3) is 5.91 Å². The molecule has 3 N–H and O–H groups in total. The lowest BCUT2D eigenvalue weighted by molar-refractivity contribution is 0.0747. The molecule has 104 valence electrons. The van der Waals surface area contributed by atoms with Gasteiger partial charge in [-0.2, -0.15) is 0 Å². The number of hydrogen-bond acceptors (Lipinski definition) is 3. The van der Waals surface area contributed by atoms with Gasteiger partial charge in [-0.15, -0.1) is 0 Å². The Bertz CT molecular complexity index is 455. The van der Waals surface area contributed by atoms with Crippen LogP contribution in [0.1, 0.15) is 42.1 Å². The largest absolute Gasteiger partial charge is 0.338 e. The maximum atomic E-state index is 12.6. The molecule has 4 nitrogen and oxygen atoms in total. The van der Waals surface area contributed by atoms with Crippen LogP contribution in [0.2, 0.25) is 0 Å². The van der Waals surface area contributed by atoms with E-state index in [-0.39, 0.29) is 5.91 Å². The number of nitrogens with zero attached hydrogens (tertiary/aromatic N) is 1. The number of rotatable bonds is 6. The molecule has 0 heterocycles. The highest BCUT2D eigenvalue weighted by molar-refractivity contribution is 5.96. The maximum absolute atomic E-state index is 12.6. The van der Waals surface area contributed by atoms with Gasteiger partial charge in [0, 0.05) is 24.3 Å². The van der Waals surface area contributed by atoms with E-state index in [9.17, 15) is 4.79 Å². The summed E-state index contributed by atoms with van der Waals surface area (Å²) in [4.78, 5) is 14.6. The van der Waals surface area contributed by atoms with Crippen molar-refractivity contribution in [3.63, 3.8) is 0 Å². The number of nitrogens with one attached hydrogen (secondary N) is 1. The van der Waals surface area contributed by atoms with Crippen LogP contribution in [-0.4, -0.2) is 23.9 Å². The summed E-state index contributed by atoms with van der Waals surface area (Å²) in [7, 11) is 0. The molecule has 1 amide bonds. The van der Waals surface area contributed by atoms with Gasteiger partial charge < -0.3 is 10.3 Å². The number of amides is 1. The van der Waals surface area contributed by atoms with Gasteiger partial charge in [-0.05, 0) is 55.9 Å².